The number of para-hydroxylation sites is 4. The highest BCUT2D eigenvalue weighted by Gasteiger charge is 2.52. The number of fused-ring (bicyclic) bond motifs is 3. The summed E-state index contributed by atoms with van der Waals surface area (Å²) in [5.41, 5.74) is 7.20. The SMILES string of the molecule is CC1(C)OB(c2cccc3c2oc2c(-c4ccc(N(c5ccccc5)c5ccccc5)cc4)cccc23)OC1(C)C. The Labute approximate surface area is 241 Å². The number of hydrogen-bond acceptors (Lipinski definition) is 4. The fourth-order valence-electron chi connectivity index (χ4n) is 5.62. The van der Waals surface area contributed by atoms with Crippen LogP contribution in [0.1, 0.15) is 27.7 Å². The van der Waals surface area contributed by atoms with Crippen molar-refractivity contribution in [3.05, 3.63) is 121 Å². The molecule has 6 aromatic rings. The molecule has 0 bridgehead atoms. The van der Waals surface area contributed by atoms with Crippen LogP contribution in [0, 0.1) is 0 Å². The lowest BCUT2D eigenvalue weighted by Gasteiger charge is -2.32. The van der Waals surface area contributed by atoms with E-state index in [1.807, 2.05) is 18.2 Å². The van der Waals surface area contributed by atoms with Gasteiger partial charge in [0.15, 0.2) is 0 Å². The van der Waals surface area contributed by atoms with E-state index < -0.39 is 18.3 Å². The van der Waals surface area contributed by atoms with Crippen molar-refractivity contribution in [2.24, 2.45) is 0 Å². The zero-order valence-corrected chi connectivity index (χ0v) is 23.8. The molecule has 202 valence electrons. The van der Waals surface area contributed by atoms with Crippen molar-refractivity contribution in [1.82, 2.24) is 0 Å². The number of nitrogens with zero attached hydrogens (tertiary/aromatic N) is 1. The molecule has 0 amide bonds. The number of furan rings is 1. The number of benzene rings is 5. The maximum Gasteiger partial charge on any atom is 0.498 e. The first-order valence-corrected chi connectivity index (χ1v) is 14.1. The molecule has 1 saturated heterocycles. The first kappa shape index (κ1) is 25.6. The third-order valence-corrected chi connectivity index (χ3v) is 8.53. The van der Waals surface area contributed by atoms with Crippen LogP contribution < -0.4 is 10.4 Å². The van der Waals surface area contributed by atoms with Gasteiger partial charge in [-0.15, -0.1) is 0 Å². The third kappa shape index (κ3) is 4.33. The van der Waals surface area contributed by atoms with Crippen LogP contribution in [-0.2, 0) is 9.31 Å². The second kappa shape index (κ2) is 9.65. The summed E-state index contributed by atoms with van der Waals surface area (Å²) in [5, 5.41) is 2.14. The van der Waals surface area contributed by atoms with Crippen LogP contribution in [-0.4, -0.2) is 18.3 Å². The van der Waals surface area contributed by atoms with E-state index in [4.69, 9.17) is 13.7 Å². The van der Waals surface area contributed by atoms with Gasteiger partial charge in [0.1, 0.15) is 11.2 Å². The summed E-state index contributed by atoms with van der Waals surface area (Å²) in [4.78, 5) is 2.27. The predicted octanol–water partition coefficient (Wildman–Crippen LogP) is 9.02. The zero-order chi connectivity index (χ0) is 28.2. The highest BCUT2D eigenvalue weighted by Crippen LogP contribution is 2.40. The summed E-state index contributed by atoms with van der Waals surface area (Å²) in [6, 6.07) is 42.1. The molecule has 7 rings (SSSR count). The minimum absolute atomic E-state index is 0.424. The number of hydrogen-bond donors (Lipinski definition) is 0. The standard InChI is InChI=1S/C36H32BNO3/c1-35(2)36(3,4)41-37(40-35)32-20-12-19-31-30-18-11-17-29(33(30)39-34(31)32)25-21-23-28(24-22-25)38(26-13-7-5-8-14-26)27-15-9-6-10-16-27/h5-24H,1-4H3. The molecule has 0 atom stereocenters. The smallest absolute Gasteiger partial charge is 0.456 e. The Bertz CT molecular complexity index is 1790. The van der Waals surface area contributed by atoms with Gasteiger partial charge in [-0.1, -0.05) is 84.9 Å². The van der Waals surface area contributed by atoms with E-state index in [-0.39, 0.29) is 0 Å². The normalized spacial score (nSPS) is 16.0. The Balaban J connectivity index is 1.30. The van der Waals surface area contributed by atoms with Crippen LogP contribution in [0.3, 0.4) is 0 Å². The second-order valence-electron chi connectivity index (χ2n) is 11.6. The first-order chi connectivity index (χ1) is 19.8. The van der Waals surface area contributed by atoms with E-state index in [9.17, 15) is 0 Å². The Morgan fingerprint density at radius 2 is 1.02 bits per heavy atom. The summed E-state index contributed by atoms with van der Waals surface area (Å²) < 4.78 is 19.4. The van der Waals surface area contributed by atoms with E-state index in [0.717, 1.165) is 55.6 Å². The molecular formula is C36H32BNO3. The number of anilines is 3. The zero-order valence-electron chi connectivity index (χ0n) is 23.8. The van der Waals surface area contributed by atoms with E-state index >= 15 is 0 Å². The summed E-state index contributed by atoms with van der Waals surface area (Å²) >= 11 is 0. The molecule has 5 heteroatoms. The van der Waals surface area contributed by atoms with Gasteiger partial charge >= 0.3 is 7.12 Å². The van der Waals surface area contributed by atoms with Crippen LogP contribution in [0.2, 0.25) is 0 Å². The molecule has 0 spiro atoms. The van der Waals surface area contributed by atoms with E-state index in [0.29, 0.717) is 0 Å². The second-order valence-corrected chi connectivity index (χ2v) is 11.6. The van der Waals surface area contributed by atoms with Crippen LogP contribution in [0.4, 0.5) is 17.1 Å². The minimum Gasteiger partial charge on any atom is -0.456 e. The highest BCUT2D eigenvalue weighted by atomic mass is 16.7. The Hall–Kier alpha value is -4.32. The molecular weight excluding hydrogens is 505 g/mol. The molecule has 41 heavy (non-hydrogen) atoms. The van der Waals surface area contributed by atoms with Gasteiger partial charge in [-0.25, -0.2) is 0 Å². The molecule has 1 aliphatic rings. The monoisotopic (exact) mass is 537 g/mol. The molecule has 0 N–H and O–H groups in total. The topological polar surface area (TPSA) is 34.8 Å². The minimum atomic E-state index is -0.492. The molecule has 0 radical (unpaired) electrons. The van der Waals surface area contributed by atoms with Gasteiger partial charge in [-0.3, -0.25) is 0 Å². The van der Waals surface area contributed by atoms with Crippen LogP contribution >= 0.6 is 0 Å². The van der Waals surface area contributed by atoms with Gasteiger partial charge in [-0.2, -0.15) is 0 Å². The molecule has 0 aliphatic carbocycles. The Morgan fingerprint density at radius 1 is 0.512 bits per heavy atom. The van der Waals surface area contributed by atoms with Crippen molar-refractivity contribution in [3.8, 4) is 11.1 Å². The van der Waals surface area contributed by atoms with Crippen molar-refractivity contribution in [1.29, 1.82) is 0 Å². The van der Waals surface area contributed by atoms with Gasteiger partial charge in [0.25, 0.3) is 0 Å². The molecule has 1 aliphatic heterocycles. The molecule has 2 heterocycles. The first-order valence-electron chi connectivity index (χ1n) is 14.1. The lowest BCUT2D eigenvalue weighted by Crippen LogP contribution is -2.41. The van der Waals surface area contributed by atoms with Crippen molar-refractivity contribution < 1.29 is 13.7 Å². The lowest BCUT2D eigenvalue weighted by atomic mass is 9.78. The van der Waals surface area contributed by atoms with E-state index in [2.05, 4.69) is 136 Å². The van der Waals surface area contributed by atoms with Gasteiger partial charge in [-0.05, 0) is 69.7 Å². The van der Waals surface area contributed by atoms with Crippen LogP contribution in [0.15, 0.2) is 126 Å². The maximum absolute atomic E-state index is 6.66. The van der Waals surface area contributed by atoms with Crippen molar-refractivity contribution in [2.45, 2.75) is 38.9 Å². The summed E-state index contributed by atoms with van der Waals surface area (Å²) in [7, 11) is -0.492. The van der Waals surface area contributed by atoms with Gasteiger partial charge in [0.2, 0.25) is 0 Å². The predicted molar refractivity (Wildman–Crippen MR) is 170 cm³/mol. The molecule has 1 aromatic heterocycles. The van der Waals surface area contributed by atoms with Gasteiger partial charge in [0, 0.05) is 38.9 Å². The molecule has 5 aromatic carbocycles. The van der Waals surface area contributed by atoms with Crippen LogP contribution in [0.25, 0.3) is 33.1 Å². The molecule has 0 saturated carbocycles. The largest absolute Gasteiger partial charge is 0.498 e. The Kier molecular flexibility index (Phi) is 6.04. The highest BCUT2D eigenvalue weighted by molar-refractivity contribution is 6.65. The van der Waals surface area contributed by atoms with Gasteiger partial charge in [0.05, 0.1) is 11.2 Å². The van der Waals surface area contributed by atoms with Crippen molar-refractivity contribution in [2.75, 3.05) is 4.90 Å². The third-order valence-electron chi connectivity index (χ3n) is 8.53. The molecule has 1 fully saturated rings. The average molecular weight is 537 g/mol. The fraction of sp³-hybridized carbons (Fsp3) is 0.167. The summed E-state index contributed by atoms with van der Waals surface area (Å²) in [5.74, 6) is 0. The summed E-state index contributed by atoms with van der Waals surface area (Å²) in [6.45, 7) is 8.29. The summed E-state index contributed by atoms with van der Waals surface area (Å²) in [6.07, 6.45) is 0. The van der Waals surface area contributed by atoms with E-state index in [1.165, 1.54) is 0 Å². The van der Waals surface area contributed by atoms with Gasteiger partial charge < -0.3 is 18.6 Å². The molecule has 4 nitrogen and oxygen atoms in total. The van der Waals surface area contributed by atoms with E-state index in [1.54, 1.807) is 0 Å². The van der Waals surface area contributed by atoms with Crippen molar-refractivity contribution >= 4 is 51.6 Å². The lowest BCUT2D eigenvalue weighted by molar-refractivity contribution is 0.00578. The Morgan fingerprint density at radius 3 is 1.61 bits per heavy atom. The van der Waals surface area contributed by atoms with Crippen LogP contribution in [0.5, 0.6) is 0 Å². The average Bonchev–Trinajstić information content (AvgIpc) is 3.47. The maximum atomic E-state index is 6.66. The fourth-order valence-corrected chi connectivity index (χ4v) is 5.62. The quantitative estimate of drug-likeness (QED) is 0.206. The van der Waals surface area contributed by atoms with Crippen molar-refractivity contribution in [3.63, 3.8) is 0 Å². The molecule has 0 unspecified atom stereocenters. The number of rotatable bonds is 5.